The van der Waals surface area contributed by atoms with Gasteiger partial charge in [0.05, 0.1) is 13.4 Å². The molecule has 0 bridgehead atoms. The fourth-order valence-electron chi connectivity index (χ4n) is 2.40. The van der Waals surface area contributed by atoms with Gasteiger partial charge < -0.3 is 9.47 Å². The molecule has 0 aliphatic rings. The molecule has 5 nitrogen and oxygen atoms in total. The fraction of sp³-hybridized carbons (Fsp3) is 0.0909. The minimum Gasteiger partial charge on any atom is -0.487 e. The monoisotopic (exact) mass is 690 g/mol. The predicted octanol–water partition coefficient (Wildman–Crippen LogP) is 5.77. The zero-order valence-corrected chi connectivity index (χ0v) is 21.5. The highest BCUT2D eigenvalue weighted by Crippen LogP contribution is 2.29. The van der Waals surface area contributed by atoms with Gasteiger partial charge in [0, 0.05) is 4.47 Å². The topological polar surface area (TPSA) is 59.9 Å². The maximum atomic E-state index is 11.9. The number of amides is 1. The molecule has 0 atom stereocenters. The van der Waals surface area contributed by atoms with Crippen LogP contribution in [0.3, 0.4) is 0 Å². The van der Waals surface area contributed by atoms with Crippen LogP contribution in [0.4, 0.5) is 0 Å². The van der Waals surface area contributed by atoms with E-state index in [-0.39, 0.29) is 12.5 Å². The van der Waals surface area contributed by atoms with Crippen LogP contribution in [0.25, 0.3) is 0 Å². The molecule has 1 amide bonds. The largest absolute Gasteiger partial charge is 0.487 e. The molecule has 3 rings (SSSR count). The summed E-state index contributed by atoms with van der Waals surface area (Å²) in [5.74, 6) is 1.14. The van der Waals surface area contributed by atoms with Crippen molar-refractivity contribution in [1.82, 2.24) is 5.43 Å². The molecule has 154 valence electrons. The van der Waals surface area contributed by atoms with Crippen molar-refractivity contribution in [2.75, 3.05) is 6.61 Å². The maximum Gasteiger partial charge on any atom is 0.277 e. The number of halogens is 3. The number of carbonyl (C=O) groups excluding carboxylic acids is 1. The van der Waals surface area contributed by atoms with Gasteiger partial charge in [0.25, 0.3) is 5.91 Å². The normalized spacial score (nSPS) is 10.8. The van der Waals surface area contributed by atoms with Crippen molar-refractivity contribution in [3.05, 3.63) is 89.5 Å². The molecule has 0 aliphatic carbocycles. The summed E-state index contributed by atoms with van der Waals surface area (Å²) in [6, 6.07) is 21.1. The van der Waals surface area contributed by atoms with E-state index in [4.69, 9.17) is 9.47 Å². The van der Waals surface area contributed by atoms with Crippen molar-refractivity contribution in [1.29, 1.82) is 0 Å². The predicted molar refractivity (Wildman–Crippen MR) is 138 cm³/mol. The van der Waals surface area contributed by atoms with E-state index in [1.807, 2.05) is 54.6 Å². The Kier molecular flexibility index (Phi) is 8.94. The molecule has 0 spiro atoms. The third kappa shape index (κ3) is 7.24. The average molecular weight is 691 g/mol. The lowest BCUT2D eigenvalue weighted by Gasteiger charge is -2.11. The van der Waals surface area contributed by atoms with Crippen molar-refractivity contribution in [2.45, 2.75) is 6.61 Å². The number of para-hydroxylation sites is 1. The first-order valence-electron chi connectivity index (χ1n) is 8.87. The van der Waals surface area contributed by atoms with Crippen LogP contribution in [0.2, 0.25) is 0 Å². The molecule has 0 radical (unpaired) electrons. The van der Waals surface area contributed by atoms with Crippen molar-refractivity contribution in [2.24, 2.45) is 5.10 Å². The first kappa shape index (κ1) is 23.0. The number of hydrogen-bond acceptors (Lipinski definition) is 4. The molecular formula is C22H17BrI2N2O3. The number of hydrogen-bond donors (Lipinski definition) is 1. The SMILES string of the molecule is O=C(COc1ccccc1)N/N=C\c1cc(I)c(OCc2ccc(Br)cc2)c(I)c1. The molecule has 0 saturated heterocycles. The quantitative estimate of drug-likeness (QED) is 0.186. The molecule has 0 aliphatic heterocycles. The van der Waals surface area contributed by atoms with Gasteiger partial charge in [0.2, 0.25) is 0 Å². The van der Waals surface area contributed by atoms with Crippen LogP contribution in [-0.4, -0.2) is 18.7 Å². The molecule has 0 aromatic heterocycles. The molecule has 3 aromatic carbocycles. The second kappa shape index (κ2) is 11.7. The minimum atomic E-state index is -0.325. The molecule has 0 saturated carbocycles. The number of rotatable bonds is 8. The highest BCUT2D eigenvalue weighted by molar-refractivity contribution is 14.1. The number of hydrazone groups is 1. The first-order valence-corrected chi connectivity index (χ1v) is 11.8. The van der Waals surface area contributed by atoms with Gasteiger partial charge in [0.15, 0.2) is 6.61 Å². The fourth-order valence-corrected chi connectivity index (χ4v) is 4.80. The van der Waals surface area contributed by atoms with E-state index in [1.54, 1.807) is 18.3 Å². The summed E-state index contributed by atoms with van der Waals surface area (Å²) in [4.78, 5) is 11.9. The summed E-state index contributed by atoms with van der Waals surface area (Å²) in [5, 5.41) is 4.01. The van der Waals surface area contributed by atoms with Crippen LogP contribution in [0, 0.1) is 7.14 Å². The Morgan fingerprint density at radius 3 is 2.33 bits per heavy atom. The van der Waals surface area contributed by atoms with Crippen molar-refractivity contribution in [3.8, 4) is 11.5 Å². The van der Waals surface area contributed by atoms with Gasteiger partial charge in [-0.3, -0.25) is 4.79 Å². The second-order valence-electron chi connectivity index (χ2n) is 6.12. The zero-order valence-electron chi connectivity index (χ0n) is 15.6. The van der Waals surface area contributed by atoms with Crippen LogP contribution in [0.15, 0.2) is 76.3 Å². The standard InChI is InChI=1S/C22H17BrI2N2O3/c23-17-8-6-15(7-9-17)13-30-22-19(24)10-16(11-20(22)25)12-26-27-21(28)14-29-18-4-2-1-3-5-18/h1-12H,13-14H2,(H,27,28)/b26-12-. The van der Waals surface area contributed by atoms with Gasteiger partial charge in [-0.2, -0.15) is 5.10 Å². The highest BCUT2D eigenvalue weighted by atomic mass is 127. The van der Waals surface area contributed by atoms with E-state index in [0.717, 1.165) is 28.5 Å². The van der Waals surface area contributed by atoms with E-state index in [1.165, 1.54) is 0 Å². The third-order valence-electron chi connectivity index (χ3n) is 3.83. The van der Waals surface area contributed by atoms with Crippen LogP contribution >= 0.6 is 61.1 Å². The molecular weight excluding hydrogens is 674 g/mol. The summed E-state index contributed by atoms with van der Waals surface area (Å²) in [6.45, 7) is 0.392. The smallest absolute Gasteiger partial charge is 0.277 e. The number of ether oxygens (including phenoxy) is 2. The summed E-state index contributed by atoms with van der Waals surface area (Å²) in [5.41, 5.74) is 4.43. The lowest BCUT2D eigenvalue weighted by atomic mass is 10.2. The lowest BCUT2D eigenvalue weighted by molar-refractivity contribution is -0.123. The van der Waals surface area contributed by atoms with Crippen LogP contribution in [0.1, 0.15) is 11.1 Å². The Morgan fingerprint density at radius 1 is 1.00 bits per heavy atom. The molecule has 3 aromatic rings. The van der Waals surface area contributed by atoms with Gasteiger partial charge in [-0.25, -0.2) is 5.43 Å². The molecule has 0 heterocycles. The number of benzene rings is 3. The van der Waals surface area contributed by atoms with Gasteiger partial charge >= 0.3 is 0 Å². The Hall–Kier alpha value is -1.66. The summed E-state index contributed by atoms with van der Waals surface area (Å²) in [6.07, 6.45) is 1.60. The third-order valence-corrected chi connectivity index (χ3v) is 5.96. The average Bonchev–Trinajstić information content (AvgIpc) is 2.74. The summed E-state index contributed by atoms with van der Waals surface area (Å²) >= 11 is 7.91. The maximum absolute atomic E-state index is 11.9. The van der Waals surface area contributed by atoms with Crippen molar-refractivity contribution in [3.63, 3.8) is 0 Å². The Labute approximate surface area is 210 Å². The molecule has 0 unspecified atom stereocenters. The molecule has 0 fully saturated rings. The molecule has 8 heteroatoms. The Balaban J connectivity index is 1.53. The van der Waals surface area contributed by atoms with E-state index in [2.05, 4.69) is 71.6 Å². The van der Waals surface area contributed by atoms with Gasteiger partial charge in [-0.05, 0) is 92.7 Å². The van der Waals surface area contributed by atoms with Gasteiger partial charge in [-0.15, -0.1) is 0 Å². The minimum absolute atomic E-state index is 0.0980. The molecule has 1 N–H and O–H groups in total. The van der Waals surface area contributed by atoms with Gasteiger partial charge in [-0.1, -0.05) is 46.3 Å². The van der Waals surface area contributed by atoms with E-state index in [0.29, 0.717) is 12.4 Å². The molecule has 30 heavy (non-hydrogen) atoms. The zero-order chi connectivity index (χ0) is 21.3. The Morgan fingerprint density at radius 2 is 1.67 bits per heavy atom. The van der Waals surface area contributed by atoms with Crippen molar-refractivity contribution >= 4 is 73.2 Å². The highest BCUT2D eigenvalue weighted by Gasteiger charge is 2.09. The summed E-state index contributed by atoms with van der Waals surface area (Å²) in [7, 11) is 0. The Bertz CT molecular complexity index is 1010. The number of carbonyl (C=O) groups is 1. The number of nitrogens with one attached hydrogen (secondary N) is 1. The second-order valence-corrected chi connectivity index (χ2v) is 9.36. The van der Waals surface area contributed by atoms with Crippen LogP contribution < -0.4 is 14.9 Å². The van der Waals surface area contributed by atoms with E-state index in [9.17, 15) is 4.79 Å². The van der Waals surface area contributed by atoms with E-state index >= 15 is 0 Å². The first-order chi connectivity index (χ1) is 14.5. The van der Waals surface area contributed by atoms with Crippen LogP contribution in [0.5, 0.6) is 11.5 Å². The lowest BCUT2D eigenvalue weighted by Crippen LogP contribution is -2.24. The number of nitrogens with zero attached hydrogens (tertiary/aromatic N) is 1. The van der Waals surface area contributed by atoms with Crippen LogP contribution in [-0.2, 0) is 11.4 Å². The van der Waals surface area contributed by atoms with Crippen molar-refractivity contribution < 1.29 is 14.3 Å². The van der Waals surface area contributed by atoms with E-state index < -0.39 is 0 Å². The van der Waals surface area contributed by atoms with Gasteiger partial charge in [0.1, 0.15) is 18.1 Å². The summed E-state index contributed by atoms with van der Waals surface area (Å²) < 4.78 is 14.4.